The fraction of sp³-hybridized carbons (Fsp3) is 0.917. The SMILES string of the molecule is CCCCC(=O)N1C2CCC1CC(Br)C2. The number of halogens is 1. The van der Waals surface area contributed by atoms with E-state index in [1.54, 1.807) is 0 Å². The second-order valence-electron chi connectivity index (χ2n) is 4.86. The molecule has 2 fully saturated rings. The number of unbranched alkanes of at least 4 members (excludes halogenated alkanes) is 1. The highest BCUT2D eigenvalue weighted by atomic mass is 79.9. The summed E-state index contributed by atoms with van der Waals surface area (Å²) in [6.45, 7) is 2.15. The summed E-state index contributed by atoms with van der Waals surface area (Å²) in [6, 6.07) is 1.08. The first-order valence-electron chi connectivity index (χ1n) is 6.17. The Hall–Kier alpha value is -0.0500. The van der Waals surface area contributed by atoms with Gasteiger partial charge in [0.1, 0.15) is 0 Å². The van der Waals surface area contributed by atoms with Crippen LogP contribution in [0.1, 0.15) is 51.9 Å². The Morgan fingerprint density at radius 1 is 1.33 bits per heavy atom. The number of amides is 1. The molecule has 0 aromatic heterocycles. The van der Waals surface area contributed by atoms with Crippen LogP contribution in [0.5, 0.6) is 0 Å². The Bertz CT molecular complexity index is 230. The Morgan fingerprint density at radius 2 is 1.93 bits per heavy atom. The molecule has 0 saturated carbocycles. The van der Waals surface area contributed by atoms with Crippen LogP contribution in [0.3, 0.4) is 0 Å². The van der Waals surface area contributed by atoms with Gasteiger partial charge in [-0.1, -0.05) is 29.3 Å². The van der Waals surface area contributed by atoms with E-state index in [4.69, 9.17) is 0 Å². The third kappa shape index (κ3) is 2.38. The minimum Gasteiger partial charge on any atom is -0.337 e. The van der Waals surface area contributed by atoms with Crippen molar-refractivity contribution in [2.75, 3.05) is 0 Å². The van der Waals surface area contributed by atoms with Crippen LogP contribution in [0.2, 0.25) is 0 Å². The highest BCUT2D eigenvalue weighted by Gasteiger charge is 2.41. The van der Waals surface area contributed by atoms with Gasteiger partial charge in [-0.25, -0.2) is 0 Å². The number of fused-ring (bicyclic) bond motifs is 2. The lowest BCUT2D eigenvalue weighted by Crippen LogP contribution is -2.46. The largest absolute Gasteiger partial charge is 0.337 e. The van der Waals surface area contributed by atoms with Gasteiger partial charge in [0.15, 0.2) is 0 Å². The molecule has 2 nitrogen and oxygen atoms in total. The van der Waals surface area contributed by atoms with E-state index < -0.39 is 0 Å². The minimum absolute atomic E-state index is 0.406. The molecule has 86 valence electrons. The van der Waals surface area contributed by atoms with Gasteiger partial charge in [-0.2, -0.15) is 0 Å². The van der Waals surface area contributed by atoms with Crippen molar-refractivity contribution in [2.45, 2.75) is 68.8 Å². The van der Waals surface area contributed by atoms with Crippen LogP contribution in [0, 0.1) is 0 Å². The van der Waals surface area contributed by atoms with Gasteiger partial charge in [-0.3, -0.25) is 4.79 Å². The van der Waals surface area contributed by atoms with Crippen molar-refractivity contribution in [1.82, 2.24) is 4.90 Å². The van der Waals surface area contributed by atoms with Crippen molar-refractivity contribution in [1.29, 1.82) is 0 Å². The van der Waals surface area contributed by atoms with Crippen molar-refractivity contribution in [3.05, 3.63) is 0 Å². The first-order chi connectivity index (χ1) is 7.22. The summed E-state index contributed by atoms with van der Waals surface area (Å²) in [5, 5.41) is 0. The van der Waals surface area contributed by atoms with Gasteiger partial charge in [-0.15, -0.1) is 0 Å². The topological polar surface area (TPSA) is 20.3 Å². The van der Waals surface area contributed by atoms with Crippen LogP contribution < -0.4 is 0 Å². The zero-order valence-electron chi connectivity index (χ0n) is 9.42. The van der Waals surface area contributed by atoms with Gasteiger partial charge in [0.25, 0.3) is 0 Å². The van der Waals surface area contributed by atoms with Crippen LogP contribution in [0.25, 0.3) is 0 Å². The predicted octanol–water partition coefficient (Wildman–Crippen LogP) is 3.09. The molecule has 0 N–H and O–H groups in total. The molecule has 2 heterocycles. The van der Waals surface area contributed by atoms with Crippen molar-refractivity contribution >= 4 is 21.8 Å². The fourth-order valence-corrected chi connectivity index (χ4v) is 3.84. The summed E-state index contributed by atoms with van der Waals surface area (Å²) in [7, 11) is 0. The van der Waals surface area contributed by atoms with Crippen molar-refractivity contribution in [3.63, 3.8) is 0 Å². The average molecular weight is 274 g/mol. The summed E-state index contributed by atoms with van der Waals surface area (Å²) in [5.74, 6) is 0.406. The summed E-state index contributed by atoms with van der Waals surface area (Å²) < 4.78 is 0. The van der Waals surface area contributed by atoms with Crippen molar-refractivity contribution < 1.29 is 4.79 Å². The number of alkyl halides is 1. The molecule has 3 heteroatoms. The molecular formula is C12H20BrNO. The van der Waals surface area contributed by atoms with E-state index in [9.17, 15) is 4.79 Å². The van der Waals surface area contributed by atoms with Gasteiger partial charge in [0.05, 0.1) is 0 Å². The molecule has 0 radical (unpaired) electrons. The third-order valence-corrected chi connectivity index (χ3v) is 4.46. The van der Waals surface area contributed by atoms with Gasteiger partial charge in [0.2, 0.25) is 5.91 Å². The molecule has 0 spiro atoms. The summed E-state index contributed by atoms with van der Waals surface area (Å²) in [6.07, 6.45) is 7.71. The minimum atomic E-state index is 0.406. The van der Waals surface area contributed by atoms with Crippen LogP contribution in [-0.4, -0.2) is 27.7 Å². The lowest BCUT2D eigenvalue weighted by atomic mass is 10.0. The second kappa shape index (κ2) is 4.86. The molecule has 2 unspecified atom stereocenters. The number of hydrogen-bond acceptors (Lipinski definition) is 1. The number of carbonyl (C=O) groups excluding carboxylic acids is 1. The first kappa shape index (κ1) is 11.4. The summed E-state index contributed by atoms with van der Waals surface area (Å²) in [4.78, 5) is 14.9. The molecule has 2 atom stereocenters. The predicted molar refractivity (Wildman–Crippen MR) is 65.1 cm³/mol. The molecule has 1 amide bonds. The molecule has 2 bridgehead atoms. The van der Waals surface area contributed by atoms with Gasteiger partial charge in [-0.05, 0) is 32.1 Å². The standard InChI is InChI=1S/C12H20BrNO/c1-2-3-4-12(15)14-10-5-6-11(14)8-9(13)7-10/h9-11H,2-8H2,1H3. The van der Waals surface area contributed by atoms with E-state index in [0.717, 1.165) is 32.1 Å². The number of carbonyl (C=O) groups is 1. The monoisotopic (exact) mass is 273 g/mol. The highest BCUT2D eigenvalue weighted by Crippen LogP contribution is 2.38. The Kier molecular flexibility index (Phi) is 3.70. The number of piperidine rings is 1. The molecule has 2 saturated heterocycles. The number of nitrogens with zero attached hydrogens (tertiary/aromatic N) is 1. The fourth-order valence-electron chi connectivity index (χ4n) is 2.97. The molecule has 0 aromatic carbocycles. The van der Waals surface area contributed by atoms with Gasteiger partial charge < -0.3 is 4.90 Å². The van der Waals surface area contributed by atoms with Crippen LogP contribution in [0.15, 0.2) is 0 Å². The Balaban J connectivity index is 1.95. The maximum atomic E-state index is 12.0. The van der Waals surface area contributed by atoms with Gasteiger partial charge in [0, 0.05) is 23.3 Å². The van der Waals surface area contributed by atoms with Crippen molar-refractivity contribution in [3.8, 4) is 0 Å². The number of hydrogen-bond donors (Lipinski definition) is 0. The van der Waals surface area contributed by atoms with Crippen LogP contribution in [0.4, 0.5) is 0 Å². The normalized spacial score (nSPS) is 34.5. The van der Waals surface area contributed by atoms with E-state index in [0.29, 0.717) is 22.8 Å². The van der Waals surface area contributed by atoms with E-state index in [1.807, 2.05) is 0 Å². The van der Waals surface area contributed by atoms with E-state index in [1.165, 1.54) is 12.8 Å². The van der Waals surface area contributed by atoms with E-state index in [2.05, 4.69) is 27.8 Å². The Morgan fingerprint density at radius 3 is 2.47 bits per heavy atom. The molecule has 2 rings (SSSR count). The maximum absolute atomic E-state index is 12.0. The first-order valence-corrected chi connectivity index (χ1v) is 7.09. The molecule has 2 aliphatic heterocycles. The van der Waals surface area contributed by atoms with Gasteiger partial charge >= 0.3 is 0 Å². The highest BCUT2D eigenvalue weighted by molar-refractivity contribution is 9.09. The lowest BCUT2D eigenvalue weighted by Gasteiger charge is -2.37. The molecule has 15 heavy (non-hydrogen) atoms. The molecule has 0 aliphatic carbocycles. The molecule has 2 aliphatic rings. The summed E-state index contributed by atoms with van der Waals surface area (Å²) >= 11 is 3.70. The second-order valence-corrected chi connectivity index (χ2v) is 6.15. The summed E-state index contributed by atoms with van der Waals surface area (Å²) in [5.41, 5.74) is 0. The lowest BCUT2D eigenvalue weighted by molar-refractivity contribution is -0.135. The van der Waals surface area contributed by atoms with E-state index >= 15 is 0 Å². The number of rotatable bonds is 3. The van der Waals surface area contributed by atoms with Crippen LogP contribution in [-0.2, 0) is 4.79 Å². The third-order valence-electron chi connectivity index (χ3n) is 3.71. The Labute approximate surface area is 101 Å². The smallest absolute Gasteiger partial charge is 0.223 e. The zero-order chi connectivity index (χ0) is 10.8. The average Bonchev–Trinajstić information content (AvgIpc) is 2.48. The zero-order valence-corrected chi connectivity index (χ0v) is 11.0. The van der Waals surface area contributed by atoms with Crippen LogP contribution >= 0.6 is 15.9 Å². The molecule has 0 aromatic rings. The molecular weight excluding hydrogens is 254 g/mol. The quantitative estimate of drug-likeness (QED) is 0.724. The van der Waals surface area contributed by atoms with Crippen molar-refractivity contribution in [2.24, 2.45) is 0 Å². The van der Waals surface area contributed by atoms with E-state index in [-0.39, 0.29) is 0 Å². The maximum Gasteiger partial charge on any atom is 0.223 e.